The average Bonchev–Trinajstić information content (AvgIpc) is 2.61. The molecule has 0 aliphatic carbocycles. The van der Waals surface area contributed by atoms with Crippen LogP contribution in [0.5, 0.6) is 0 Å². The molecule has 13 nitrogen and oxygen atoms in total. The van der Waals surface area contributed by atoms with Crippen molar-refractivity contribution in [2.24, 2.45) is 0 Å². The van der Waals surface area contributed by atoms with Crippen molar-refractivity contribution in [1.29, 1.82) is 0 Å². The Kier molecular flexibility index (Phi) is 10.6. The van der Waals surface area contributed by atoms with Crippen LogP contribution in [0.25, 0.3) is 0 Å². The highest BCUT2D eigenvalue weighted by Gasteiger charge is 2.45. The Morgan fingerprint density at radius 1 is 0.767 bits per heavy atom. The number of aromatic amines is 2. The van der Waals surface area contributed by atoms with Gasteiger partial charge in [0, 0.05) is 17.3 Å². The van der Waals surface area contributed by atoms with E-state index in [0.29, 0.717) is 0 Å². The van der Waals surface area contributed by atoms with Gasteiger partial charge in [0.25, 0.3) is 0 Å². The molecule has 1 rings (SSSR count). The molecule has 1 heterocycles. The van der Waals surface area contributed by atoms with E-state index in [0.717, 1.165) is 0 Å². The van der Waals surface area contributed by atoms with Gasteiger partial charge in [0.2, 0.25) is 6.61 Å². The molecule has 30 heavy (non-hydrogen) atoms. The molecule has 168 valence electrons. The fraction of sp³-hybridized carbons (Fsp3) is 0.571. The van der Waals surface area contributed by atoms with Crippen molar-refractivity contribution in [3.05, 3.63) is 31.5 Å². The van der Waals surface area contributed by atoms with E-state index in [9.17, 15) is 28.8 Å². The average molecular weight is 486 g/mol. The second-order valence-corrected chi connectivity index (χ2v) is 6.62. The van der Waals surface area contributed by atoms with Crippen LogP contribution < -0.4 is 21.9 Å². The first-order chi connectivity index (χ1) is 14.2. The first-order valence-electron chi connectivity index (χ1n) is 8.23. The summed E-state index contributed by atoms with van der Waals surface area (Å²) in [6.45, 7) is -1.11. The minimum absolute atomic E-state index is 0.0431. The predicted octanol–water partition coefficient (Wildman–Crippen LogP) is -2.10. The summed E-state index contributed by atoms with van der Waals surface area (Å²) in [5.74, 6) is -5.61. The zero-order valence-corrected chi connectivity index (χ0v) is 18.0. The highest BCUT2D eigenvalue weighted by molar-refractivity contribution is 7.80. The van der Waals surface area contributed by atoms with Gasteiger partial charge in [0.15, 0.2) is 0 Å². The number of aromatic nitrogens is 3. The summed E-state index contributed by atoms with van der Waals surface area (Å²) in [6.07, 6.45) is -0.797. The smallest absolute Gasteiger partial charge is 0.392 e. The van der Waals surface area contributed by atoms with E-state index >= 15 is 0 Å². The second kappa shape index (κ2) is 12.4. The first kappa shape index (κ1) is 25.7. The molecular weight excluding hydrogens is 466 g/mol. The number of carbonyl (C=O) groups is 3. The summed E-state index contributed by atoms with van der Waals surface area (Å²) in [7, 11) is 0. The molecule has 1 aromatic rings. The third kappa shape index (κ3) is 8.19. The summed E-state index contributed by atoms with van der Waals surface area (Å²) in [6, 6.07) is 0. The van der Waals surface area contributed by atoms with Gasteiger partial charge in [-0.1, -0.05) is 4.73 Å². The molecule has 0 spiro atoms. The minimum Gasteiger partial charge on any atom is -0.392 e. The van der Waals surface area contributed by atoms with Gasteiger partial charge in [-0.3, -0.25) is 24.4 Å². The van der Waals surface area contributed by atoms with E-state index in [1.54, 1.807) is 9.97 Å². The van der Waals surface area contributed by atoms with Crippen molar-refractivity contribution >= 4 is 55.8 Å². The molecular formula is C14H19N3O10S3. The number of ether oxygens (including phenoxy) is 3. The topological polar surface area (TPSA) is 176 Å². The molecule has 0 saturated heterocycles. The summed E-state index contributed by atoms with van der Waals surface area (Å²) >= 11 is 11.6. The monoisotopic (exact) mass is 485 g/mol. The quantitative estimate of drug-likeness (QED) is 0.125. The maximum absolute atomic E-state index is 12.0. The number of nitrogens with zero attached hydrogens (tertiary/aromatic N) is 1. The van der Waals surface area contributed by atoms with Gasteiger partial charge in [-0.25, -0.2) is 14.4 Å². The van der Waals surface area contributed by atoms with E-state index in [2.05, 4.69) is 37.9 Å². The molecule has 2 N–H and O–H groups in total. The highest BCUT2D eigenvalue weighted by Crippen LogP contribution is 2.19. The molecule has 0 saturated carbocycles. The Balaban J connectivity index is 3.30. The van der Waals surface area contributed by atoms with Crippen LogP contribution in [0.1, 0.15) is 19.3 Å². The van der Waals surface area contributed by atoms with Crippen LogP contribution in [0, 0.1) is 0 Å². The van der Waals surface area contributed by atoms with Crippen LogP contribution in [-0.2, 0) is 28.6 Å². The number of hydrogen-bond acceptors (Lipinski definition) is 13. The lowest BCUT2D eigenvalue weighted by atomic mass is 10.4. The number of hydrogen-bond donors (Lipinski definition) is 5. The van der Waals surface area contributed by atoms with Crippen molar-refractivity contribution < 1.29 is 33.4 Å². The molecule has 1 aromatic heterocycles. The molecule has 0 aliphatic heterocycles. The van der Waals surface area contributed by atoms with Crippen LogP contribution in [0.3, 0.4) is 0 Å². The Morgan fingerprint density at radius 3 is 1.47 bits per heavy atom. The summed E-state index contributed by atoms with van der Waals surface area (Å²) < 4.78 is 15.0. The van der Waals surface area contributed by atoms with Crippen molar-refractivity contribution in [2.75, 3.05) is 23.9 Å². The van der Waals surface area contributed by atoms with Crippen LogP contribution in [0.4, 0.5) is 0 Å². The van der Waals surface area contributed by atoms with E-state index in [1.807, 2.05) is 0 Å². The van der Waals surface area contributed by atoms with Gasteiger partial charge in [-0.2, -0.15) is 37.9 Å². The van der Waals surface area contributed by atoms with E-state index in [-0.39, 0.29) is 41.3 Å². The lowest BCUT2D eigenvalue weighted by molar-refractivity contribution is -0.345. The maximum atomic E-state index is 12.0. The second-order valence-electron chi connectivity index (χ2n) is 5.28. The van der Waals surface area contributed by atoms with Gasteiger partial charge < -0.3 is 19.0 Å². The van der Waals surface area contributed by atoms with Crippen molar-refractivity contribution in [3.63, 3.8) is 0 Å². The highest BCUT2D eigenvalue weighted by atomic mass is 32.1. The fourth-order valence-electron chi connectivity index (χ4n) is 1.78. The molecule has 0 radical (unpaired) electrons. The summed E-state index contributed by atoms with van der Waals surface area (Å²) in [5, 5.41) is 0. The number of nitrogens with one attached hydrogen (secondary N) is 2. The van der Waals surface area contributed by atoms with Crippen LogP contribution in [0.2, 0.25) is 0 Å². The van der Waals surface area contributed by atoms with E-state index in [4.69, 9.17) is 19.0 Å². The maximum Gasteiger partial charge on any atom is 0.462 e. The standard InChI is InChI=1S/C14H19N3O10S3/c18-8(1-4-28)25-14(26-9(19)2-5-29,27-10(20)3-6-30)7-24-17-12(22)15-11(21)16-13(17)23/h28-30H,1-7H2,(H2,15,16,21,22,23). The predicted molar refractivity (Wildman–Crippen MR) is 110 cm³/mol. The zero-order valence-electron chi connectivity index (χ0n) is 15.3. The lowest BCUT2D eigenvalue weighted by Crippen LogP contribution is -2.54. The lowest BCUT2D eigenvalue weighted by Gasteiger charge is -2.30. The zero-order chi connectivity index (χ0) is 22.7. The number of carbonyl (C=O) groups excluding carboxylic acids is 3. The van der Waals surface area contributed by atoms with Crippen molar-refractivity contribution in [3.8, 4) is 0 Å². The molecule has 0 unspecified atom stereocenters. The van der Waals surface area contributed by atoms with Gasteiger partial charge in [-0.05, 0) is 0 Å². The Bertz CT molecular complexity index is 840. The Hall–Kier alpha value is -2.33. The summed E-state index contributed by atoms with van der Waals surface area (Å²) in [4.78, 5) is 79.0. The third-order valence-electron chi connectivity index (χ3n) is 2.94. The van der Waals surface area contributed by atoms with Crippen LogP contribution in [0.15, 0.2) is 14.4 Å². The van der Waals surface area contributed by atoms with E-state index < -0.39 is 47.6 Å². The minimum atomic E-state index is -2.78. The normalized spacial score (nSPS) is 10.9. The Labute approximate surface area is 184 Å². The molecule has 0 fully saturated rings. The Morgan fingerprint density at radius 2 is 1.13 bits per heavy atom. The van der Waals surface area contributed by atoms with Crippen LogP contribution in [-0.4, -0.2) is 62.4 Å². The molecule has 0 aliphatic rings. The van der Waals surface area contributed by atoms with Gasteiger partial charge in [0.1, 0.15) is 0 Å². The first-order valence-corrected chi connectivity index (χ1v) is 10.1. The number of H-pyrrole nitrogens is 2. The summed E-state index contributed by atoms with van der Waals surface area (Å²) in [5.41, 5.74) is -3.68. The van der Waals surface area contributed by atoms with Crippen LogP contribution >= 0.6 is 37.9 Å². The van der Waals surface area contributed by atoms with Crippen molar-refractivity contribution in [2.45, 2.75) is 25.2 Å². The van der Waals surface area contributed by atoms with Gasteiger partial charge in [0.05, 0.1) is 19.3 Å². The third-order valence-corrected chi connectivity index (χ3v) is 3.61. The molecule has 0 bridgehead atoms. The molecule has 0 aromatic carbocycles. The largest absolute Gasteiger partial charge is 0.462 e. The van der Waals surface area contributed by atoms with E-state index in [1.165, 1.54) is 0 Å². The van der Waals surface area contributed by atoms with Crippen molar-refractivity contribution in [1.82, 2.24) is 14.7 Å². The van der Waals surface area contributed by atoms with Gasteiger partial charge in [-0.15, -0.1) is 0 Å². The molecule has 16 heteroatoms. The number of thiol groups is 3. The number of esters is 3. The number of rotatable bonds is 12. The molecule has 0 amide bonds. The van der Waals surface area contributed by atoms with Gasteiger partial charge >= 0.3 is 41.0 Å². The SMILES string of the molecule is O=C(CCS)OC(COn1c(=O)[nH]c(=O)[nH]c1=O)(OC(=O)CCS)OC(=O)CCS. The fourth-order valence-corrected chi connectivity index (χ4v) is 2.33. The molecule has 0 atom stereocenters.